The quantitative estimate of drug-likeness (QED) is 0.203. The molecule has 1 aromatic heterocycles. The molecule has 0 atom stereocenters. The number of benzene rings is 2. The van der Waals surface area contributed by atoms with Gasteiger partial charge in [-0.05, 0) is 55.3 Å². The lowest BCUT2D eigenvalue weighted by molar-refractivity contribution is -0.118. The average molecular weight is 563 g/mol. The predicted octanol–water partition coefficient (Wildman–Crippen LogP) is 6.12. The molecule has 7 nitrogen and oxygen atoms in total. The normalized spacial score (nSPS) is 14.4. The molecule has 1 heterocycles. The van der Waals surface area contributed by atoms with Crippen molar-refractivity contribution in [3.63, 3.8) is 0 Å². The lowest BCUT2D eigenvalue weighted by Gasteiger charge is -2.25. The summed E-state index contributed by atoms with van der Waals surface area (Å²) in [4.78, 5) is 12.5. The molecule has 0 spiro atoms. The Morgan fingerprint density at radius 1 is 1.24 bits per heavy atom. The van der Waals surface area contributed by atoms with Crippen LogP contribution in [-0.4, -0.2) is 39.7 Å². The van der Waals surface area contributed by atoms with Crippen LogP contribution in [0.5, 0.6) is 5.75 Å². The number of amides is 1. The molecule has 0 unspecified atom stereocenters. The first-order chi connectivity index (χ1) is 16.5. The Kier molecular flexibility index (Phi) is 8.64. The highest BCUT2D eigenvalue weighted by atomic mass is 79.9. The highest BCUT2D eigenvalue weighted by Crippen LogP contribution is 2.35. The van der Waals surface area contributed by atoms with Crippen molar-refractivity contribution < 1.29 is 9.53 Å². The van der Waals surface area contributed by atoms with Crippen LogP contribution >= 0.6 is 39.3 Å². The van der Waals surface area contributed by atoms with E-state index >= 15 is 0 Å². The molecule has 4 rings (SSSR count). The maximum absolute atomic E-state index is 12.5. The monoisotopic (exact) mass is 561 g/mol. The Morgan fingerprint density at radius 3 is 2.74 bits per heavy atom. The van der Waals surface area contributed by atoms with Gasteiger partial charge in [-0.3, -0.25) is 9.36 Å². The van der Waals surface area contributed by atoms with Crippen molar-refractivity contribution in [2.75, 3.05) is 12.9 Å². The Morgan fingerprint density at radius 2 is 2.00 bits per heavy atom. The van der Waals surface area contributed by atoms with E-state index in [1.165, 1.54) is 31.0 Å². The van der Waals surface area contributed by atoms with Crippen molar-refractivity contribution in [1.29, 1.82) is 0 Å². The Hall–Kier alpha value is -2.36. The second-order valence-corrected chi connectivity index (χ2v) is 10.2. The highest BCUT2D eigenvalue weighted by molar-refractivity contribution is 9.10. The maximum atomic E-state index is 12.5. The highest BCUT2D eigenvalue weighted by Gasteiger charge is 2.24. The number of halogens is 2. The molecule has 1 amide bonds. The summed E-state index contributed by atoms with van der Waals surface area (Å²) in [6.45, 7) is 0. The summed E-state index contributed by atoms with van der Waals surface area (Å²) in [6.07, 6.45) is 7.34. The van der Waals surface area contributed by atoms with Gasteiger partial charge < -0.3 is 4.74 Å². The summed E-state index contributed by atoms with van der Waals surface area (Å²) in [5, 5.41) is 14.4. The van der Waals surface area contributed by atoms with Gasteiger partial charge in [-0.15, -0.1) is 10.2 Å². The minimum Gasteiger partial charge on any atom is -0.496 e. The van der Waals surface area contributed by atoms with Crippen LogP contribution in [0, 0.1) is 0 Å². The van der Waals surface area contributed by atoms with Gasteiger partial charge in [0.25, 0.3) is 5.91 Å². The summed E-state index contributed by atoms with van der Waals surface area (Å²) in [5.41, 5.74) is 4.31. The first kappa shape index (κ1) is 24.8. The van der Waals surface area contributed by atoms with Crippen LogP contribution in [0.25, 0.3) is 11.4 Å². The number of hydrazone groups is 1. The van der Waals surface area contributed by atoms with Crippen molar-refractivity contribution in [2.45, 2.75) is 43.3 Å². The summed E-state index contributed by atoms with van der Waals surface area (Å²) < 4.78 is 8.41. The predicted molar refractivity (Wildman–Crippen MR) is 140 cm³/mol. The summed E-state index contributed by atoms with van der Waals surface area (Å²) in [7, 11) is 1.59. The van der Waals surface area contributed by atoms with Gasteiger partial charge in [-0.2, -0.15) is 5.10 Å². The van der Waals surface area contributed by atoms with Crippen molar-refractivity contribution >= 4 is 51.4 Å². The molecule has 0 radical (unpaired) electrons. The average Bonchev–Trinajstić information content (AvgIpc) is 3.28. The van der Waals surface area contributed by atoms with Crippen LogP contribution in [0.4, 0.5) is 0 Å². The fourth-order valence-corrected chi connectivity index (χ4v) is 5.28. The molecular formula is C24H25BrClN5O2S. The fourth-order valence-electron chi connectivity index (χ4n) is 3.98. The van der Waals surface area contributed by atoms with Gasteiger partial charge >= 0.3 is 0 Å². The van der Waals surface area contributed by atoms with Crippen molar-refractivity contribution in [1.82, 2.24) is 20.2 Å². The van der Waals surface area contributed by atoms with E-state index in [0.29, 0.717) is 16.8 Å². The Balaban J connectivity index is 1.45. The molecule has 2 aromatic carbocycles. The molecule has 10 heteroatoms. The molecule has 1 N–H and O–H groups in total. The zero-order valence-corrected chi connectivity index (χ0v) is 21.9. The van der Waals surface area contributed by atoms with Gasteiger partial charge in [0.2, 0.25) is 0 Å². The molecule has 0 bridgehead atoms. The van der Waals surface area contributed by atoms with Crippen LogP contribution in [0.1, 0.15) is 43.7 Å². The van der Waals surface area contributed by atoms with Crippen LogP contribution in [0.2, 0.25) is 5.02 Å². The molecule has 1 aliphatic rings. The topological polar surface area (TPSA) is 81.4 Å². The standard InChI is InChI=1S/C24H25BrClN5O2S/c1-33-21-12-9-18(25)13-17(21)14-27-28-22(32)15-34-24-30-29-23(16-7-10-19(26)11-8-16)31(24)20-5-3-2-4-6-20/h7-14,20H,2-6,15H2,1H3,(H,28,32). The second kappa shape index (κ2) is 11.9. The minimum atomic E-state index is -0.221. The van der Waals surface area contributed by atoms with E-state index in [-0.39, 0.29) is 11.7 Å². The molecule has 178 valence electrons. The third kappa shape index (κ3) is 6.20. The second-order valence-electron chi connectivity index (χ2n) is 7.94. The van der Waals surface area contributed by atoms with E-state index in [9.17, 15) is 4.79 Å². The molecule has 1 fully saturated rings. The molecule has 3 aromatic rings. The minimum absolute atomic E-state index is 0.179. The number of hydrogen-bond acceptors (Lipinski definition) is 6. The lowest BCUT2D eigenvalue weighted by Crippen LogP contribution is -2.20. The first-order valence-corrected chi connectivity index (χ1v) is 13.2. The zero-order chi connectivity index (χ0) is 23.9. The van der Waals surface area contributed by atoms with Crippen molar-refractivity contribution in [3.05, 3.63) is 57.5 Å². The van der Waals surface area contributed by atoms with E-state index in [1.807, 2.05) is 42.5 Å². The number of carbonyl (C=O) groups excluding carboxylic acids is 1. The summed E-state index contributed by atoms with van der Waals surface area (Å²) in [5.74, 6) is 1.44. The van der Waals surface area contributed by atoms with Crippen LogP contribution < -0.4 is 10.2 Å². The molecule has 1 saturated carbocycles. The number of hydrogen-bond donors (Lipinski definition) is 1. The molecular weight excluding hydrogens is 538 g/mol. The Labute approximate surface area is 216 Å². The first-order valence-electron chi connectivity index (χ1n) is 11.0. The SMILES string of the molecule is COc1ccc(Br)cc1C=NNC(=O)CSc1nnc(-c2ccc(Cl)cc2)n1C1CCCCC1. The largest absolute Gasteiger partial charge is 0.496 e. The zero-order valence-electron chi connectivity index (χ0n) is 18.7. The van der Waals surface area contributed by atoms with Gasteiger partial charge in [0.05, 0.1) is 19.1 Å². The number of aromatic nitrogens is 3. The number of nitrogens with zero attached hydrogens (tertiary/aromatic N) is 4. The van der Waals surface area contributed by atoms with Gasteiger partial charge in [0, 0.05) is 26.7 Å². The van der Waals surface area contributed by atoms with E-state index < -0.39 is 0 Å². The van der Waals surface area contributed by atoms with E-state index in [2.05, 4.69) is 41.2 Å². The number of carbonyl (C=O) groups is 1. The number of methoxy groups -OCH3 is 1. The summed E-state index contributed by atoms with van der Waals surface area (Å²) >= 11 is 10.9. The van der Waals surface area contributed by atoms with Gasteiger partial charge in [0.15, 0.2) is 11.0 Å². The number of nitrogens with one attached hydrogen (secondary N) is 1. The van der Waals surface area contributed by atoms with Crippen LogP contribution in [-0.2, 0) is 4.79 Å². The fraction of sp³-hybridized carbons (Fsp3) is 0.333. The Bertz CT molecular complexity index is 1160. The van der Waals surface area contributed by atoms with Gasteiger partial charge in [0.1, 0.15) is 5.75 Å². The number of thioether (sulfide) groups is 1. The third-order valence-electron chi connectivity index (χ3n) is 5.62. The van der Waals surface area contributed by atoms with Crippen LogP contribution in [0.15, 0.2) is 57.2 Å². The maximum Gasteiger partial charge on any atom is 0.250 e. The van der Waals surface area contributed by atoms with Crippen LogP contribution in [0.3, 0.4) is 0 Å². The van der Waals surface area contributed by atoms with E-state index in [0.717, 1.165) is 39.4 Å². The molecule has 34 heavy (non-hydrogen) atoms. The van der Waals surface area contributed by atoms with Gasteiger partial charge in [-0.25, -0.2) is 5.43 Å². The number of rotatable bonds is 8. The van der Waals surface area contributed by atoms with Crippen molar-refractivity contribution in [2.24, 2.45) is 5.10 Å². The summed E-state index contributed by atoms with van der Waals surface area (Å²) in [6, 6.07) is 13.5. The molecule has 0 aliphatic heterocycles. The third-order valence-corrected chi connectivity index (χ3v) is 7.31. The van der Waals surface area contributed by atoms with Crippen molar-refractivity contribution in [3.8, 4) is 17.1 Å². The smallest absolute Gasteiger partial charge is 0.250 e. The number of ether oxygens (including phenoxy) is 1. The lowest BCUT2D eigenvalue weighted by atomic mass is 9.95. The molecule has 1 aliphatic carbocycles. The molecule has 0 saturated heterocycles. The van der Waals surface area contributed by atoms with E-state index in [1.54, 1.807) is 13.3 Å². The van der Waals surface area contributed by atoms with Gasteiger partial charge in [-0.1, -0.05) is 58.6 Å². The van der Waals surface area contributed by atoms with E-state index in [4.69, 9.17) is 16.3 Å².